The molecule has 3 rings (SSSR count). The Labute approximate surface area is 132 Å². The minimum absolute atomic E-state index is 0.368. The van der Waals surface area contributed by atoms with Crippen molar-refractivity contribution in [1.82, 2.24) is 9.55 Å². The van der Waals surface area contributed by atoms with Crippen LogP contribution in [0.25, 0.3) is 11.2 Å². The molecule has 0 aliphatic heterocycles. The third kappa shape index (κ3) is 3.31. The molecule has 0 amide bonds. The van der Waals surface area contributed by atoms with Gasteiger partial charge in [0.15, 0.2) is 11.2 Å². The van der Waals surface area contributed by atoms with E-state index in [1.54, 1.807) is 35.0 Å². The lowest BCUT2D eigenvalue weighted by Crippen LogP contribution is -2.15. The molecule has 0 saturated heterocycles. The molecule has 0 atom stereocenters. The van der Waals surface area contributed by atoms with E-state index in [-0.39, 0.29) is 5.76 Å². The average molecular weight is 319 g/mol. The first kappa shape index (κ1) is 14.7. The van der Waals surface area contributed by atoms with Gasteiger partial charge in [0.05, 0.1) is 6.61 Å². The van der Waals surface area contributed by atoms with Gasteiger partial charge in [-0.15, -0.1) is 0 Å². The van der Waals surface area contributed by atoms with Crippen LogP contribution in [-0.4, -0.2) is 16.2 Å². The first-order valence-electron chi connectivity index (χ1n) is 7.07. The van der Waals surface area contributed by atoms with Gasteiger partial charge >= 0.3 is 5.76 Å². The first-order valence-corrected chi connectivity index (χ1v) is 7.44. The number of nitrogens with zero attached hydrogens (tertiary/aromatic N) is 2. The second-order valence-corrected chi connectivity index (χ2v) is 5.29. The summed E-state index contributed by atoms with van der Waals surface area (Å²) in [5.41, 5.74) is 1.11. The summed E-state index contributed by atoms with van der Waals surface area (Å²) >= 11 is 5.81. The first-order chi connectivity index (χ1) is 10.7. The molecule has 114 valence electrons. The number of pyridine rings is 1. The predicted octanol–water partition coefficient (Wildman–Crippen LogP) is 3.50. The Morgan fingerprint density at radius 1 is 1.18 bits per heavy atom. The maximum absolute atomic E-state index is 11.8. The molecule has 6 heteroatoms. The summed E-state index contributed by atoms with van der Waals surface area (Å²) in [6.07, 6.45) is 3.28. The van der Waals surface area contributed by atoms with Crippen LogP contribution in [0.4, 0.5) is 0 Å². The normalized spacial score (nSPS) is 11.0. The van der Waals surface area contributed by atoms with E-state index < -0.39 is 0 Å². The van der Waals surface area contributed by atoms with E-state index in [4.69, 9.17) is 20.8 Å². The van der Waals surface area contributed by atoms with Gasteiger partial charge < -0.3 is 9.15 Å². The van der Waals surface area contributed by atoms with Gasteiger partial charge in [-0.2, -0.15) is 0 Å². The largest absolute Gasteiger partial charge is 0.494 e. The van der Waals surface area contributed by atoms with Crippen molar-refractivity contribution >= 4 is 22.8 Å². The lowest BCUT2D eigenvalue weighted by atomic mass is 10.3. The van der Waals surface area contributed by atoms with E-state index in [2.05, 4.69) is 4.98 Å². The Hall–Kier alpha value is -2.27. The van der Waals surface area contributed by atoms with Crippen molar-refractivity contribution in [3.05, 3.63) is 58.2 Å². The van der Waals surface area contributed by atoms with Gasteiger partial charge in [0, 0.05) is 17.8 Å². The standard InChI is InChI=1S/C16H15ClN2O3/c17-12-5-7-13(8-6-12)21-11-2-1-10-19-15-14(22-16(19)20)4-3-9-18-15/h3-9H,1-2,10-11H2. The molecular formula is C16H15ClN2O3. The lowest BCUT2D eigenvalue weighted by molar-refractivity contribution is 0.302. The van der Waals surface area contributed by atoms with Gasteiger partial charge in [-0.25, -0.2) is 9.78 Å². The molecule has 0 spiro atoms. The predicted molar refractivity (Wildman–Crippen MR) is 84.5 cm³/mol. The summed E-state index contributed by atoms with van der Waals surface area (Å²) in [5.74, 6) is 0.421. The van der Waals surface area contributed by atoms with Crippen LogP contribution in [-0.2, 0) is 6.54 Å². The minimum atomic E-state index is -0.368. The molecule has 0 unspecified atom stereocenters. The van der Waals surface area contributed by atoms with Gasteiger partial charge in [0.25, 0.3) is 0 Å². The Morgan fingerprint density at radius 3 is 2.82 bits per heavy atom. The molecule has 0 fully saturated rings. The number of rotatable bonds is 6. The number of benzene rings is 1. The molecule has 0 bridgehead atoms. The molecular weight excluding hydrogens is 304 g/mol. The van der Waals surface area contributed by atoms with E-state index in [9.17, 15) is 4.79 Å². The molecule has 0 saturated carbocycles. The summed E-state index contributed by atoms with van der Waals surface area (Å²) in [4.78, 5) is 16.0. The van der Waals surface area contributed by atoms with Crippen molar-refractivity contribution in [1.29, 1.82) is 0 Å². The summed E-state index contributed by atoms with van der Waals surface area (Å²) in [5, 5.41) is 0.686. The van der Waals surface area contributed by atoms with Crippen molar-refractivity contribution < 1.29 is 9.15 Å². The number of aryl methyl sites for hydroxylation is 1. The van der Waals surface area contributed by atoms with Crippen molar-refractivity contribution in [2.45, 2.75) is 19.4 Å². The Morgan fingerprint density at radius 2 is 2.00 bits per heavy atom. The molecule has 0 aliphatic carbocycles. The van der Waals surface area contributed by atoms with Crippen LogP contribution in [0, 0.1) is 0 Å². The highest BCUT2D eigenvalue weighted by molar-refractivity contribution is 6.30. The number of hydrogen-bond acceptors (Lipinski definition) is 4. The number of halogens is 1. The SMILES string of the molecule is O=c1oc2cccnc2n1CCCCOc1ccc(Cl)cc1. The molecule has 0 aliphatic rings. The van der Waals surface area contributed by atoms with Crippen LogP contribution in [0.5, 0.6) is 5.75 Å². The topological polar surface area (TPSA) is 57.3 Å². The number of unbranched alkanes of at least 4 members (excludes halogenated alkanes) is 1. The van der Waals surface area contributed by atoms with E-state index >= 15 is 0 Å². The second-order valence-electron chi connectivity index (χ2n) is 4.85. The summed E-state index contributed by atoms with van der Waals surface area (Å²) < 4.78 is 12.3. The third-order valence-electron chi connectivity index (χ3n) is 3.28. The molecule has 2 aromatic heterocycles. The minimum Gasteiger partial charge on any atom is -0.494 e. The van der Waals surface area contributed by atoms with Crippen molar-refractivity contribution in [2.75, 3.05) is 6.61 Å². The number of oxazole rings is 1. The van der Waals surface area contributed by atoms with Gasteiger partial charge in [-0.3, -0.25) is 4.57 Å². The molecule has 5 nitrogen and oxygen atoms in total. The highest BCUT2D eigenvalue weighted by atomic mass is 35.5. The van der Waals surface area contributed by atoms with Gasteiger partial charge in [-0.05, 0) is 49.2 Å². The average Bonchev–Trinajstić information content (AvgIpc) is 2.85. The molecule has 22 heavy (non-hydrogen) atoms. The van der Waals surface area contributed by atoms with Crippen LogP contribution < -0.4 is 10.5 Å². The van der Waals surface area contributed by atoms with Crippen molar-refractivity contribution in [2.24, 2.45) is 0 Å². The van der Waals surface area contributed by atoms with Gasteiger partial charge in [0.1, 0.15) is 5.75 Å². The zero-order valence-corrected chi connectivity index (χ0v) is 12.6. The van der Waals surface area contributed by atoms with E-state index in [0.29, 0.717) is 29.4 Å². The van der Waals surface area contributed by atoms with E-state index in [1.165, 1.54) is 0 Å². The van der Waals surface area contributed by atoms with Crippen LogP contribution in [0.1, 0.15) is 12.8 Å². The van der Waals surface area contributed by atoms with Gasteiger partial charge in [0.2, 0.25) is 0 Å². The highest BCUT2D eigenvalue weighted by Gasteiger charge is 2.08. The van der Waals surface area contributed by atoms with Gasteiger partial charge in [-0.1, -0.05) is 11.6 Å². The van der Waals surface area contributed by atoms with E-state index in [1.807, 2.05) is 12.1 Å². The van der Waals surface area contributed by atoms with Crippen LogP contribution in [0.15, 0.2) is 51.8 Å². The maximum Gasteiger partial charge on any atom is 0.421 e. The fraction of sp³-hybridized carbons (Fsp3) is 0.250. The van der Waals surface area contributed by atoms with E-state index in [0.717, 1.165) is 18.6 Å². The Balaban J connectivity index is 1.51. The third-order valence-corrected chi connectivity index (χ3v) is 3.53. The molecule has 2 heterocycles. The Bertz CT molecular complexity index is 808. The molecule has 3 aromatic rings. The van der Waals surface area contributed by atoms with Crippen LogP contribution >= 0.6 is 11.6 Å². The number of ether oxygens (including phenoxy) is 1. The van der Waals surface area contributed by atoms with Crippen LogP contribution in [0.2, 0.25) is 5.02 Å². The second kappa shape index (κ2) is 6.66. The quantitative estimate of drug-likeness (QED) is 0.653. The van der Waals surface area contributed by atoms with Crippen LogP contribution in [0.3, 0.4) is 0 Å². The fourth-order valence-electron chi connectivity index (χ4n) is 2.19. The highest BCUT2D eigenvalue weighted by Crippen LogP contribution is 2.16. The lowest BCUT2D eigenvalue weighted by Gasteiger charge is -2.06. The van der Waals surface area contributed by atoms with Crippen molar-refractivity contribution in [3.63, 3.8) is 0 Å². The summed E-state index contributed by atoms with van der Waals surface area (Å²) in [6, 6.07) is 10.7. The fourth-order valence-corrected chi connectivity index (χ4v) is 2.32. The monoisotopic (exact) mass is 318 g/mol. The maximum atomic E-state index is 11.8. The molecule has 0 N–H and O–H groups in total. The number of hydrogen-bond donors (Lipinski definition) is 0. The van der Waals surface area contributed by atoms with Crippen molar-refractivity contribution in [3.8, 4) is 5.75 Å². The summed E-state index contributed by atoms with van der Waals surface area (Å²) in [6.45, 7) is 1.15. The zero-order valence-electron chi connectivity index (χ0n) is 11.9. The smallest absolute Gasteiger partial charge is 0.421 e. The number of aromatic nitrogens is 2. The molecule has 1 aromatic carbocycles. The number of fused-ring (bicyclic) bond motifs is 1. The summed E-state index contributed by atoms with van der Waals surface area (Å²) in [7, 11) is 0. The zero-order chi connectivity index (χ0) is 15.4. The Kier molecular flexibility index (Phi) is 4.44. The molecule has 0 radical (unpaired) electrons.